The zero-order valence-corrected chi connectivity index (χ0v) is 19.2. The highest BCUT2D eigenvalue weighted by Crippen LogP contribution is 2.31. The van der Waals surface area contributed by atoms with Gasteiger partial charge in [-0.3, -0.25) is 9.52 Å². The molecule has 0 fully saturated rings. The zero-order chi connectivity index (χ0) is 22.6. The summed E-state index contributed by atoms with van der Waals surface area (Å²) in [6.07, 6.45) is -0.0119. The summed E-state index contributed by atoms with van der Waals surface area (Å²) in [4.78, 5) is 12.3. The van der Waals surface area contributed by atoms with E-state index in [9.17, 15) is 13.2 Å². The smallest absolute Gasteiger partial charge is 0.265 e. The van der Waals surface area contributed by atoms with Gasteiger partial charge in [0.15, 0.2) is 0 Å². The summed E-state index contributed by atoms with van der Waals surface area (Å²) in [7, 11) is -2.70. The van der Waals surface area contributed by atoms with E-state index >= 15 is 0 Å². The summed E-state index contributed by atoms with van der Waals surface area (Å²) in [6.45, 7) is 0. The Morgan fingerprint density at radius 1 is 0.968 bits per heavy atom. The molecular weight excluding hydrogens is 483 g/mol. The van der Waals surface area contributed by atoms with E-state index in [1.54, 1.807) is 36.4 Å². The molecule has 0 radical (unpaired) electrons. The fourth-order valence-corrected chi connectivity index (χ4v) is 4.74. The number of benzene rings is 3. The second-order valence-electron chi connectivity index (χ2n) is 6.41. The lowest BCUT2D eigenvalue weighted by Crippen LogP contribution is -2.17. The molecule has 1 amide bonds. The standard InChI is InChI=1S/C21H17Cl3N2O4S/c1-30-19-9-8-15(25-21(27)10-13-6-7-14(22)11-17(13)24)12-20(19)31(28,29)26-18-5-3-2-4-16(18)23/h2-9,11-12,26H,10H2,1H3,(H,25,27). The van der Waals surface area contributed by atoms with E-state index in [4.69, 9.17) is 39.5 Å². The second kappa shape index (κ2) is 9.78. The Bertz CT molecular complexity index is 1230. The molecule has 3 rings (SSSR count). The fourth-order valence-electron chi connectivity index (χ4n) is 2.75. The summed E-state index contributed by atoms with van der Waals surface area (Å²) < 4.78 is 33.5. The van der Waals surface area contributed by atoms with Gasteiger partial charge in [-0.2, -0.15) is 0 Å². The summed E-state index contributed by atoms with van der Waals surface area (Å²) >= 11 is 18.0. The molecule has 0 aliphatic carbocycles. The van der Waals surface area contributed by atoms with Gasteiger partial charge >= 0.3 is 0 Å². The van der Waals surface area contributed by atoms with Crippen molar-refractivity contribution in [3.05, 3.63) is 81.3 Å². The minimum Gasteiger partial charge on any atom is -0.495 e. The highest BCUT2D eigenvalue weighted by atomic mass is 35.5. The summed E-state index contributed by atoms with van der Waals surface area (Å²) in [5.74, 6) is -0.268. The Balaban J connectivity index is 1.84. The summed E-state index contributed by atoms with van der Waals surface area (Å²) in [6, 6.07) is 15.6. The van der Waals surface area contributed by atoms with Crippen LogP contribution in [0.5, 0.6) is 5.75 Å². The van der Waals surface area contributed by atoms with E-state index in [-0.39, 0.29) is 39.4 Å². The maximum Gasteiger partial charge on any atom is 0.265 e. The molecule has 0 unspecified atom stereocenters. The van der Waals surface area contributed by atoms with Crippen molar-refractivity contribution in [2.45, 2.75) is 11.3 Å². The third-order valence-electron chi connectivity index (χ3n) is 4.22. The van der Waals surface area contributed by atoms with Crippen LogP contribution in [0.25, 0.3) is 0 Å². The number of methoxy groups -OCH3 is 1. The Morgan fingerprint density at radius 3 is 2.39 bits per heavy atom. The van der Waals surface area contributed by atoms with Crippen LogP contribution in [0.1, 0.15) is 5.56 Å². The van der Waals surface area contributed by atoms with Crippen LogP contribution in [0.2, 0.25) is 15.1 Å². The molecule has 2 N–H and O–H groups in total. The molecule has 162 valence electrons. The maximum atomic E-state index is 12.9. The van der Waals surface area contributed by atoms with Gasteiger partial charge in [0.2, 0.25) is 5.91 Å². The molecule has 0 aromatic heterocycles. The first kappa shape index (κ1) is 23.2. The number of anilines is 2. The molecule has 0 atom stereocenters. The first-order chi connectivity index (χ1) is 14.7. The van der Waals surface area contributed by atoms with Gasteiger partial charge in [-0.15, -0.1) is 0 Å². The molecule has 3 aromatic carbocycles. The van der Waals surface area contributed by atoms with Crippen LogP contribution >= 0.6 is 34.8 Å². The van der Waals surface area contributed by atoms with Gasteiger partial charge < -0.3 is 10.1 Å². The third kappa shape index (κ3) is 5.83. The molecule has 10 heteroatoms. The van der Waals surface area contributed by atoms with Gasteiger partial charge in [0.1, 0.15) is 10.6 Å². The maximum absolute atomic E-state index is 12.9. The number of ether oxygens (including phenoxy) is 1. The Labute approximate surface area is 195 Å². The lowest BCUT2D eigenvalue weighted by molar-refractivity contribution is -0.115. The van der Waals surface area contributed by atoms with Crippen molar-refractivity contribution < 1.29 is 17.9 Å². The number of rotatable bonds is 7. The number of hydrogen-bond donors (Lipinski definition) is 2. The normalized spacial score (nSPS) is 11.1. The Hall–Kier alpha value is -2.45. The predicted octanol–water partition coefficient (Wildman–Crippen LogP) is 5.64. The number of halogens is 3. The Kier molecular flexibility index (Phi) is 7.33. The lowest BCUT2D eigenvalue weighted by atomic mass is 10.1. The number of amides is 1. The van der Waals surface area contributed by atoms with Crippen molar-refractivity contribution in [1.29, 1.82) is 0 Å². The van der Waals surface area contributed by atoms with Crippen LogP contribution in [0.15, 0.2) is 65.6 Å². The number of carbonyl (C=O) groups excluding carboxylic acids is 1. The number of para-hydroxylation sites is 1. The topological polar surface area (TPSA) is 84.5 Å². The van der Waals surface area contributed by atoms with Gasteiger partial charge in [-0.05, 0) is 48.0 Å². The average molecular weight is 500 g/mol. The van der Waals surface area contributed by atoms with E-state index in [0.717, 1.165) is 0 Å². The monoisotopic (exact) mass is 498 g/mol. The van der Waals surface area contributed by atoms with Crippen molar-refractivity contribution in [3.8, 4) is 5.75 Å². The highest BCUT2D eigenvalue weighted by molar-refractivity contribution is 7.92. The minimum absolute atomic E-state index is 0.0119. The number of hydrogen-bond acceptors (Lipinski definition) is 4. The molecule has 0 saturated carbocycles. The molecule has 0 aliphatic rings. The highest BCUT2D eigenvalue weighted by Gasteiger charge is 2.22. The summed E-state index contributed by atoms with van der Waals surface area (Å²) in [5, 5.41) is 3.74. The second-order valence-corrected chi connectivity index (χ2v) is 9.31. The molecule has 0 saturated heterocycles. The van der Waals surface area contributed by atoms with Crippen LogP contribution in [-0.2, 0) is 21.2 Å². The quantitative estimate of drug-likeness (QED) is 0.441. The average Bonchev–Trinajstić information content (AvgIpc) is 2.71. The largest absolute Gasteiger partial charge is 0.495 e. The molecule has 0 heterocycles. The SMILES string of the molecule is COc1ccc(NC(=O)Cc2ccc(Cl)cc2Cl)cc1S(=O)(=O)Nc1ccccc1Cl. The van der Waals surface area contributed by atoms with Crippen LogP contribution in [0.3, 0.4) is 0 Å². The van der Waals surface area contributed by atoms with Gasteiger partial charge in [-0.25, -0.2) is 8.42 Å². The molecular formula is C21H17Cl3N2O4S. The van der Waals surface area contributed by atoms with Crippen LogP contribution in [0, 0.1) is 0 Å². The van der Waals surface area contributed by atoms with Gasteiger partial charge in [0.05, 0.1) is 24.2 Å². The Morgan fingerprint density at radius 2 is 1.71 bits per heavy atom. The molecule has 0 aliphatic heterocycles. The number of carbonyl (C=O) groups is 1. The number of sulfonamides is 1. The zero-order valence-electron chi connectivity index (χ0n) is 16.2. The minimum atomic E-state index is -4.05. The van der Waals surface area contributed by atoms with Crippen molar-refractivity contribution in [1.82, 2.24) is 0 Å². The molecule has 31 heavy (non-hydrogen) atoms. The first-order valence-corrected chi connectivity index (χ1v) is 11.5. The van der Waals surface area contributed by atoms with Crippen molar-refractivity contribution in [3.63, 3.8) is 0 Å². The van der Waals surface area contributed by atoms with Crippen LogP contribution < -0.4 is 14.8 Å². The van der Waals surface area contributed by atoms with Crippen LogP contribution in [0.4, 0.5) is 11.4 Å². The van der Waals surface area contributed by atoms with Crippen molar-refractivity contribution in [2.75, 3.05) is 17.1 Å². The van der Waals surface area contributed by atoms with Gasteiger partial charge in [0, 0.05) is 15.7 Å². The van der Waals surface area contributed by atoms with E-state index < -0.39 is 10.0 Å². The third-order valence-corrected chi connectivity index (χ3v) is 6.52. The van der Waals surface area contributed by atoms with E-state index in [1.165, 1.54) is 31.4 Å². The van der Waals surface area contributed by atoms with Gasteiger partial charge in [-0.1, -0.05) is 53.0 Å². The van der Waals surface area contributed by atoms with E-state index in [1.807, 2.05) is 0 Å². The lowest BCUT2D eigenvalue weighted by Gasteiger charge is -2.14. The van der Waals surface area contributed by atoms with Crippen LogP contribution in [-0.4, -0.2) is 21.4 Å². The summed E-state index contributed by atoms with van der Waals surface area (Å²) in [5.41, 5.74) is 1.08. The predicted molar refractivity (Wildman–Crippen MR) is 124 cm³/mol. The van der Waals surface area contributed by atoms with Crippen molar-refractivity contribution >= 4 is 62.1 Å². The number of nitrogens with one attached hydrogen (secondary N) is 2. The molecule has 0 spiro atoms. The van der Waals surface area contributed by atoms with Gasteiger partial charge in [0.25, 0.3) is 10.0 Å². The fraction of sp³-hybridized carbons (Fsp3) is 0.0952. The molecule has 6 nitrogen and oxygen atoms in total. The molecule has 3 aromatic rings. The van der Waals surface area contributed by atoms with E-state index in [2.05, 4.69) is 10.0 Å². The van der Waals surface area contributed by atoms with Crippen molar-refractivity contribution in [2.24, 2.45) is 0 Å². The van der Waals surface area contributed by atoms with E-state index in [0.29, 0.717) is 15.6 Å². The molecule has 0 bridgehead atoms. The first-order valence-electron chi connectivity index (χ1n) is 8.89.